The van der Waals surface area contributed by atoms with Crippen molar-refractivity contribution in [2.75, 3.05) is 11.9 Å². The van der Waals surface area contributed by atoms with Crippen molar-refractivity contribution < 1.29 is 4.39 Å². The molecule has 0 fully saturated rings. The normalized spacial score (nSPS) is 10.6. The zero-order chi connectivity index (χ0) is 15.5. The van der Waals surface area contributed by atoms with E-state index in [9.17, 15) is 4.39 Å². The van der Waals surface area contributed by atoms with Crippen LogP contribution in [-0.2, 0) is 0 Å². The average Bonchev–Trinajstić information content (AvgIpc) is 2.45. The van der Waals surface area contributed by atoms with Crippen LogP contribution in [0.5, 0.6) is 0 Å². The van der Waals surface area contributed by atoms with E-state index in [1.807, 2.05) is 6.07 Å². The molecular weight excluding hydrogens is 283 g/mol. The highest BCUT2D eigenvalue weighted by Crippen LogP contribution is 2.19. The number of nitrogens with one attached hydrogen (secondary N) is 1. The number of unbranched alkanes of at least 4 members (excludes halogenated alkanes) is 7. The minimum absolute atomic E-state index is 0.103. The molecule has 0 spiro atoms. The molecular formula is C17H27FN2S. The van der Waals surface area contributed by atoms with Gasteiger partial charge in [0.1, 0.15) is 10.8 Å². The van der Waals surface area contributed by atoms with Gasteiger partial charge in [-0.25, -0.2) is 4.39 Å². The second kappa shape index (κ2) is 10.6. The van der Waals surface area contributed by atoms with E-state index in [-0.39, 0.29) is 10.8 Å². The van der Waals surface area contributed by atoms with Crippen molar-refractivity contribution in [1.29, 1.82) is 0 Å². The molecule has 0 saturated carbocycles. The Kier molecular flexibility index (Phi) is 8.99. The van der Waals surface area contributed by atoms with Crippen molar-refractivity contribution in [3.05, 3.63) is 29.6 Å². The highest BCUT2D eigenvalue weighted by molar-refractivity contribution is 7.80. The number of anilines is 1. The first-order chi connectivity index (χ1) is 10.2. The Bertz CT molecular complexity index is 435. The zero-order valence-corrected chi connectivity index (χ0v) is 13.8. The summed E-state index contributed by atoms with van der Waals surface area (Å²) in [6, 6.07) is 4.88. The molecule has 0 saturated heterocycles. The summed E-state index contributed by atoms with van der Waals surface area (Å²) in [6.45, 7) is 3.06. The second-order valence-electron chi connectivity index (χ2n) is 5.43. The minimum atomic E-state index is -0.358. The SMILES string of the molecule is CCCCCCCCCCNc1cccc(F)c1C(N)=S. The Hall–Kier alpha value is -1.16. The molecule has 2 nitrogen and oxygen atoms in total. The van der Waals surface area contributed by atoms with Crippen LogP contribution < -0.4 is 11.1 Å². The Morgan fingerprint density at radius 3 is 2.33 bits per heavy atom. The van der Waals surface area contributed by atoms with E-state index in [2.05, 4.69) is 12.2 Å². The molecule has 1 rings (SSSR count). The number of hydrogen-bond acceptors (Lipinski definition) is 2. The smallest absolute Gasteiger partial charge is 0.135 e. The molecule has 0 atom stereocenters. The lowest BCUT2D eigenvalue weighted by Gasteiger charge is -2.11. The number of benzene rings is 1. The zero-order valence-electron chi connectivity index (χ0n) is 13.0. The molecule has 1 aromatic carbocycles. The van der Waals surface area contributed by atoms with Gasteiger partial charge in [0.2, 0.25) is 0 Å². The highest BCUT2D eigenvalue weighted by Gasteiger charge is 2.10. The third-order valence-electron chi connectivity index (χ3n) is 3.61. The van der Waals surface area contributed by atoms with Gasteiger partial charge in [0, 0.05) is 12.2 Å². The summed E-state index contributed by atoms with van der Waals surface area (Å²) in [6.07, 6.45) is 10.2. The van der Waals surface area contributed by atoms with Crippen LogP contribution in [0.4, 0.5) is 10.1 Å². The standard InChI is InChI=1S/C17H27FN2S/c1-2-3-4-5-6-7-8-9-13-20-15-12-10-11-14(18)16(15)17(19)21/h10-12,20H,2-9,13H2,1H3,(H2,19,21). The maximum absolute atomic E-state index is 13.7. The van der Waals surface area contributed by atoms with Crippen molar-refractivity contribution in [2.45, 2.75) is 58.3 Å². The van der Waals surface area contributed by atoms with E-state index in [4.69, 9.17) is 18.0 Å². The summed E-state index contributed by atoms with van der Waals surface area (Å²) in [5.74, 6) is -0.358. The van der Waals surface area contributed by atoms with E-state index in [1.54, 1.807) is 6.07 Å². The fraction of sp³-hybridized carbons (Fsp3) is 0.588. The van der Waals surface area contributed by atoms with Crippen LogP contribution in [-0.4, -0.2) is 11.5 Å². The van der Waals surface area contributed by atoms with Crippen LogP contribution in [0.2, 0.25) is 0 Å². The molecule has 21 heavy (non-hydrogen) atoms. The van der Waals surface area contributed by atoms with Crippen LogP contribution in [0.15, 0.2) is 18.2 Å². The van der Waals surface area contributed by atoms with Crippen molar-refractivity contribution in [3.63, 3.8) is 0 Å². The summed E-state index contributed by atoms with van der Waals surface area (Å²) >= 11 is 4.91. The topological polar surface area (TPSA) is 38.0 Å². The van der Waals surface area contributed by atoms with E-state index in [1.165, 1.54) is 51.0 Å². The monoisotopic (exact) mass is 310 g/mol. The van der Waals surface area contributed by atoms with Gasteiger partial charge in [-0.1, -0.05) is 70.2 Å². The van der Waals surface area contributed by atoms with Crippen LogP contribution in [0.3, 0.4) is 0 Å². The first-order valence-corrected chi connectivity index (χ1v) is 8.39. The summed E-state index contributed by atoms with van der Waals surface area (Å²) < 4.78 is 13.7. The first kappa shape index (κ1) is 17.9. The molecule has 0 amide bonds. The lowest BCUT2D eigenvalue weighted by atomic mass is 10.1. The predicted octanol–water partition coefficient (Wildman–Crippen LogP) is 5.01. The Morgan fingerprint density at radius 2 is 1.71 bits per heavy atom. The highest BCUT2D eigenvalue weighted by atomic mass is 32.1. The third kappa shape index (κ3) is 6.89. The van der Waals surface area contributed by atoms with Crippen molar-refractivity contribution in [1.82, 2.24) is 0 Å². The fourth-order valence-electron chi connectivity index (χ4n) is 2.40. The Balaban J connectivity index is 2.21. The van der Waals surface area contributed by atoms with E-state index >= 15 is 0 Å². The third-order valence-corrected chi connectivity index (χ3v) is 3.81. The minimum Gasteiger partial charge on any atom is -0.389 e. The van der Waals surface area contributed by atoms with Gasteiger partial charge >= 0.3 is 0 Å². The van der Waals surface area contributed by atoms with Crippen LogP contribution >= 0.6 is 12.2 Å². The number of nitrogens with two attached hydrogens (primary N) is 1. The summed E-state index contributed by atoms with van der Waals surface area (Å²) in [7, 11) is 0. The molecule has 0 radical (unpaired) electrons. The van der Waals surface area contributed by atoms with E-state index < -0.39 is 0 Å². The Labute approximate surface area is 133 Å². The van der Waals surface area contributed by atoms with Crippen molar-refractivity contribution >= 4 is 22.9 Å². The van der Waals surface area contributed by atoms with Gasteiger partial charge in [-0.15, -0.1) is 0 Å². The fourth-order valence-corrected chi connectivity index (χ4v) is 2.61. The molecule has 0 heterocycles. The predicted molar refractivity (Wildman–Crippen MR) is 93.4 cm³/mol. The van der Waals surface area contributed by atoms with Gasteiger partial charge in [0.05, 0.1) is 5.56 Å². The molecule has 3 N–H and O–H groups in total. The van der Waals surface area contributed by atoms with Crippen LogP contribution in [0.1, 0.15) is 63.9 Å². The number of hydrogen-bond donors (Lipinski definition) is 2. The summed E-state index contributed by atoms with van der Waals surface area (Å²) in [5.41, 5.74) is 6.60. The molecule has 118 valence electrons. The quantitative estimate of drug-likeness (QED) is 0.445. The lowest BCUT2D eigenvalue weighted by molar-refractivity contribution is 0.581. The summed E-state index contributed by atoms with van der Waals surface area (Å²) in [4.78, 5) is 0.103. The van der Waals surface area contributed by atoms with Crippen LogP contribution in [0, 0.1) is 5.82 Å². The number of halogens is 1. The van der Waals surface area contributed by atoms with Gasteiger partial charge in [0.15, 0.2) is 0 Å². The molecule has 0 aliphatic rings. The first-order valence-electron chi connectivity index (χ1n) is 7.99. The lowest BCUT2D eigenvalue weighted by Crippen LogP contribution is -2.15. The maximum Gasteiger partial charge on any atom is 0.135 e. The van der Waals surface area contributed by atoms with Gasteiger partial charge in [-0.05, 0) is 18.6 Å². The van der Waals surface area contributed by atoms with Gasteiger partial charge in [-0.3, -0.25) is 0 Å². The van der Waals surface area contributed by atoms with Crippen molar-refractivity contribution in [3.8, 4) is 0 Å². The molecule has 0 aromatic heterocycles. The van der Waals surface area contributed by atoms with Gasteiger partial charge < -0.3 is 11.1 Å². The van der Waals surface area contributed by atoms with Crippen LogP contribution in [0.25, 0.3) is 0 Å². The van der Waals surface area contributed by atoms with E-state index in [0.717, 1.165) is 13.0 Å². The summed E-state index contributed by atoms with van der Waals surface area (Å²) in [5, 5.41) is 3.24. The molecule has 4 heteroatoms. The molecule has 0 aliphatic carbocycles. The molecule has 1 aromatic rings. The second-order valence-corrected chi connectivity index (χ2v) is 5.87. The number of thiocarbonyl (C=S) groups is 1. The Morgan fingerprint density at radius 1 is 1.10 bits per heavy atom. The van der Waals surface area contributed by atoms with Gasteiger partial charge in [-0.2, -0.15) is 0 Å². The average molecular weight is 310 g/mol. The van der Waals surface area contributed by atoms with Gasteiger partial charge in [0.25, 0.3) is 0 Å². The van der Waals surface area contributed by atoms with E-state index in [0.29, 0.717) is 11.3 Å². The maximum atomic E-state index is 13.7. The molecule has 0 unspecified atom stereocenters. The molecule has 0 aliphatic heterocycles. The molecule has 0 bridgehead atoms. The van der Waals surface area contributed by atoms with Crippen molar-refractivity contribution in [2.24, 2.45) is 5.73 Å². The number of rotatable bonds is 11. The largest absolute Gasteiger partial charge is 0.389 e.